The lowest BCUT2D eigenvalue weighted by Crippen LogP contribution is -2.27. The van der Waals surface area contributed by atoms with Gasteiger partial charge in [-0.25, -0.2) is 0 Å². The van der Waals surface area contributed by atoms with Gasteiger partial charge in [0.1, 0.15) is 0 Å². The van der Waals surface area contributed by atoms with Crippen LogP contribution >= 0.6 is 25.3 Å². The van der Waals surface area contributed by atoms with Crippen molar-refractivity contribution in [3.8, 4) is 0 Å². The van der Waals surface area contributed by atoms with Crippen molar-refractivity contribution in [1.29, 1.82) is 0 Å². The van der Waals surface area contributed by atoms with Crippen LogP contribution in [0.25, 0.3) is 0 Å². The van der Waals surface area contributed by atoms with Crippen molar-refractivity contribution < 1.29 is 0 Å². The SMILES string of the molecule is Sc1ccccc1N[C@H](c1ccccn1)[C@H](Nc1ccccc1S)c1ccccn1. The number of rotatable bonds is 7. The lowest BCUT2D eigenvalue weighted by molar-refractivity contribution is 0.615. The molecule has 4 rings (SSSR count). The number of thiol groups is 2. The van der Waals surface area contributed by atoms with Crippen LogP contribution in [0.15, 0.2) is 107 Å². The summed E-state index contributed by atoms with van der Waals surface area (Å²) in [5.41, 5.74) is 3.65. The largest absolute Gasteiger partial charge is 0.373 e. The number of benzene rings is 2. The molecule has 0 saturated carbocycles. The summed E-state index contributed by atoms with van der Waals surface area (Å²) in [5, 5.41) is 7.27. The van der Waals surface area contributed by atoms with Crippen molar-refractivity contribution in [3.05, 3.63) is 109 Å². The third kappa shape index (κ3) is 4.78. The first-order valence-electron chi connectivity index (χ1n) is 9.63. The van der Waals surface area contributed by atoms with E-state index in [2.05, 4.69) is 45.9 Å². The van der Waals surface area contributed by atoms with E-state index in [1.807, 2.05) is 84.9 Å². The first kappa shape index (κ1) is 20.3. The number of para-hydroxylation sites is 2. The average Bonchev–Trinajstić information content (AvgIpc) is 2.80. The van der Waals surface area contributed by atoms with E-state index in [9.17, 15) is 0 Å². The van der Waals surface area contributed by atoms with Crippen molar-refractivity contribution in [2.24, 2.45) is 0 Å². The van der Waals surface area contributed by atoms with E-state index >= 15 is 0 Å². The minimum absolute atomic E-state index is 0.206. The van der Waals surface area contributed by atoms with Gasteiger partial charge in [0.15, 0.2) is 0 Å². The molecule has 0 fully saturated rings. The van der Waals surface area contributed by atoms with Crippen LogP contribution in [0.4, 0.5) is 11.4 Å². The molecule has 6 heteroatoms. The fourth-order valence-electron chi connectivity index (χ4n) is 3.30. The van der Waals surface area contributed by atoms with Crippen molar-refractivity contribution in [2.45, 2.75) is 21.9 Å². The number of hydrogen-bond donors (Lipinski definition) is 4. The number of nitrogens with one attached hydrogen (secondary N) is 2. The topological polar surface area (TPSA) is 49.8 Å². The molecule has 2 aromatic carbocycles. The molecule has 2 atom stereocenters. The Hall–Kier alpha value is -2.96. The van der Waals surface area contributed by atoms with E-state index in [-0.39, 0.29) is 12.1 Å². The van der Waals surface area contributed by atoms with E-state index in [1.165, 1.54) is 0 Å². The minimum atomic E-state index is -0.206. The number of pyridine rings is 2. The molecule has 0 amide bonds. The van der Waals surface area contributed by atoms with E-state index in [0.29, 0.717) is 0 Å². The zero-order chi connectivity index (χ0) is 20.8. The Balaban J connectivity index is 1.80. The molecule has 0 bridgehead atoms. The molecule has 0 aliphatic rings. The van der Waals surface area contributed by atoms with E-state index in [0.717, 1.165) is 32.6 Å². The second-order valence-electron chi connectivity index (χ2n) is 6.79. The zero-order valence-corrected chi connectivity index (χ0v) is 18.0. The Kier molecular flexibility index (Phi) is 6.57. The molecule has 2 heterocycles. The van der Waals surface area contributed by atoms with Gasteiger partial charge in [-0.2, -0.15) is 0 Å². The lowest BCUT2D eigenvalue weighted by Gasteiger charge is -2.30. The maximum Gasteiger partial charge on any atom is 0.0945 e. The summed E-state index contributed by atoms with van der Waals surface area (Å²) in [5.74, 6) is 0. The number of aromatic nitrogens is 2. The van der Waals surface area contributed by atoms with Gasteiger partial charge in [0.2, 0.25) is 0 Å². The molecule has 0 spiro atoms. The second-order valence-corrected chi connectivity index (χ2v) is 7.75. The maximum absolute atomic E-state index is 4.64. The highest BCUT2D eigenvalue weighted by Crippen LogP contribution is 2.36. The number of hydrogen-bond acceptors (Lipinski definition) is 6. The summed E-state index contributed by atoms with van der Waals surface area (Å²) in [7, 11) is 0. The first-order valence-corrected chi connectivity index (χ1v) is 10.5. The van der Waals surface area contributed by atoms with Gasteiger partial charge in [-0.15, -0.1) is 25.3 Å². The zero-order valence-electron chi connectivity index (χ0n) is 16.2. The van der Waals surface area contributed by atoms with E-state index < -0.39 is 0 Å². The van der Waals surface area contributed by atoms with Crippen LogP contribution in [0.1, 0.15) is 23.5 Å². The van der Waals surface area contributed by atoms with Crippen LogP contribution in [-0.2, 0) is 0 Å². The Morgan fingerprint density at radius 1 is 0.533 bits per heavy atom. The lowest BCUT2D eigenvalue weighted by atomic mass is 9.99. The molecule has 150 valence electrons. The predicted molar refractivity (Wildman–Crippen MR) is 129 cm³/mol. The molecular formula is C24H22N4S2. The average molecular weight is 431 g/mol. The summed E-state index contributed by atoms with van der Waals surface area (Å²) in [6.07, 6.45) is 3.61. The Morgan fingerprint density at radius 2 is 0.933 bits per heavy atom. The highest BCUT2D eigenvalue weighted by Gasteiger charge is 2.28. The van der Waals surface area contributed by atoms with Crippen LogP contribution in [-0.4, -0.2) is 9.97 Å². The van der Waals surface area contributed by atoms with Gasteiger partial charge in [-0.1, -0.05) is 36.4 Å². The van der Waals surface area contributed by atoms with Gasteiger partial charge in [-0.3, -0.25) is 9.97 Å². The Bertz CT molecular complexity index is 1000. The minimum Gasteiger partial charge on any atom is -0.373 e. The second kappa shape index (κ2) is 9.69. The van der Waals surface area contributed by atoms with Gasteiger partial charge in [0.25, 0.3) is 0 Å². The van der Waals surface area contributed by atoms with Gasteiger partial charge in [-0.05, 0) is 48.5 Å². The number of anilines is 2. The van der Waals surface area contributed by atoms with Crippen molar-refractivity contribution in [1.82, 2.24) is 9.97 Å². The normalized spacial score (nSPS) is 12.7. The van der Waals surface area contributed by atoms with Crippen LogP contribution < -0.4 is 10.6 Å². The third-order valence-corrected chi connectivity index (χ3v) is 5.56. The van der Waals surface area contributed by atoms with Gasteiger partial charge in [0, 0.05) is 33.6 Å². The van der Waals surface area contributed by atoms with Gasteiger partial charge in [0.05, 0.1) is 23.5 Å². The monoisotopic (exact) mass is 430 g/mol. The molecule has 0 unspecified atom stereocenters. The third-order valence-electron chi connectivity index (χ3n) is 4.78. The van der Waals surface area contributed by atoms with E-state index in [1.54, 1.807) is 12.4 Å². The first-order chi connectivity index (χ1) is 14.7. The highest BCUT2D eigenvalue weighted by atomic mass is 32.1. The summed E-state index contributed by atoms with van der Waals surface area (Å²) < 4.78 is 0. The molecule has 4 nitrogen and oxygen atoms in total. The van der Waals surface area contributed by atoms with Gasteiger partial charge < -0.3 is 10.6 Å². The van der Waals surface area contributed by atoms with Crippen LogP contribution in [0.3, 0.4) is 0 Å². The Labute approximate surface area is 187 Å². The molecule has 0 aliphatic heterocycles. The van der Waals surface area contributed by atoms with E-state index in [4.69, 9.17) is 0 Å². The summed E-state index contributed by atoms with van der Waals surface area (Å²) in [6.45, 7) is 0. The molecule has 2 N–H and O–H groups in total. The predicted octanol–water partition coefficient (Wildman–Crippen LogP) is 6.06. The summed E-state index contributed by atoms with van der Waals surface area (Å²) >= 11 is 9.25. The molecule has 2 aromatic heterocycles. The highest BCUT2D eigenvalue weighted by molar-refractivity contribution is 7.80. The molecule has 0 aliphatic carbocycles. The standard InChI is InChI=1S/C24H22N4S2/c29-21-13-3-1-9-17(21)27-23(19-11-5-7-15-25-19)24(20-12-6-8-16-26-20)28-18-10-2-4-14-22(18)30/h1-16,23-24,27-30H/t23-,24-/m1/s1. The fraction of sp³-hybridized carbons (Fsp3) is 0.0833. The smallest absolute Gasteiger partial charge is 0.0945 e. The Morgan fingerprint density at radius 3 is 1.30 bits per heavy atom. The van der Waals surface area contributed by atoms with Gasteiger partial charge >= 0.3 is 0 Å². The van der Waals surface area contributed by atoms with Crippen LogP contribution in [0.2, 0.25) is 0 Å². The molecule has 0 radical (unpaired) electrons. The maximum atomic E-state index is 4.64. The van der Waals surface area contributed by atoms with Crippen molar-refractivity contribution in [3.63, 3.8) is 0 Å². The number of nitrogens with zero attached hydrogens (tertiary/aromatic N) is 2. The quantitative estimate of drug-likeness (QED) is 0.269. The van der Waals surface area contributed by atoms with Crippen molar-refractivity contribution in [2.75, 3.05) is 10.6 Å². The van der Waals surface area contributed by atoms with Crippen LogP contribution in [0, 0.1) is 0 Å². The van der Waals surface area contributed by atoms with Crippen LogP contribution in [0.5, 0.6) is 0 Å². The molecular weight excluding hydrogens is 408 g/mol. The molecule has 0 saturated heterocycles. The fourth-order valence-corrected chi connectivity index (χ4v) is 3.75. The summed E-state index contributed by atoms with van der Waals surface area (Å²) in [4.78, 5) is 11.0. The summed E-state index contributed by atoms with van der Waals surface area (Å²) in [6, 6.07) is 27.3. The molecule has 4 aromatic rings. The molecule has 30 heavy (non-hydrogen) atoms. The van der Waals surface area contributed by atoms with Crippen molar-refractivity contribution >= 4 is 36.6 Å².